The van der Waals surface area contributed by atoms with Crippen molar-refractivity contribution in [2.45, 2.75) is 0 Å². The molecule has 0 saturated carbocycles. The average Bonchev–Trinajstić information content (AvgIpc) is 2.68. The van der Waals surface area contributed by atoms with Crippen molar-refractivity contribution in [1.29, 1.82) is 0 Å². The van der Waals surface area contributed by atoms with Crippen LogP contribution in [0.3, 0.4) is 0 Å². The van der Waals surface area contributed by atoms with Gasteiger partial charge in [-0.1, -0.05) is 15.9 Å². The molecule has 3 rings (SSSR count). The molecule has 0 bridgehead atoms. The molecule has 7 heteroatoms. The number of halogens is 1. The van der Waals surface area contributed by atoms with E-state index in [0.29, 0.717) is 37.6 Å². The van der Waals surface area contributed by atoms with Gasteiger partial charge >= 0.3 is 0 Å². The number of carbonyl (C=O) groups excluding carboxylic acids is 2. The van der Waals surface area contributed by atoms with Gasteiger partial charge in [-0.3, -0.25) is 9.59 Å². The Morgan fingerprint density at radius 1 is 0.962 bits per heavy atom. The minimum Gasteiger partial charge on any atom is -0.378 e. The number of morpholine rings is 1. The summed E-state index contributed by atoms with van der Waals surface area (Å²) in [6.45, 7) is 2.53. The molecule has 0 unspecified atom stereocenters. The number of benzene rings is 2. The Morgan fingerprint density at radius 3 is 2.23 bits per heavy atom. The van der Waals surface area contributed by atoms with Gasteiger partial charge in [0, 0.05) is 34.5 Å². The van der Waals surface area contributed by atoms with Crippen LogP contribution < -0.4 is 10.6 Å². The molecule has 2 aromatic rings. The van der Waals surface area contributed by atoms with E-state index in [2.05, 4.69) is 26.6 Å². The van der Waals surface area contributed by atoms with Crippen molar-refractivity contribution >= 4 is 39.1 Å². The summed E-state index contributed by atoms with van der Waals surface area (Å²) in [5, 5.41) is 5.87. The smallest absolute Gasteiger partial charge is 0.254 e. The molecule has 0 aliphatic carbocycles. The number of nitrogens with one attached hydrogen (secondary N) is 2. The molecule has 136 valence electrons. The number of carbonyl (C=O) groups is 2. The number of amides is 2. The van der Waals surface area contributed by atoms with E-state index in [1.165, 1.54) is 0 Å². The van der Waals surface area contributed by atoms with Gasteiger partial charge in [0.1, 0.15) is 0 Å². The Balaban J connectivity index is 1.50. The lowest BCUT2D eigenvalue weighted by Crippen LogP contribution is -2.40. The van der Waals surface area contributed by atoms with Crippen LogP contribution in [0.25, 0.3) is 0 Å². The van der Waals surface area contributed by atoms with Gasteiger partial charge in [-0.2, -0.15) is 0 Å². The van der Waals surface area contributed by atoms with Crippen molar-refractivity contribution in [2.24, 2.45) is 0 Å². The van der Waals surface area contributed by atoms with Crippen LogP contribution >= 0.6 is 15.9 Å². The van der Waals surface area contributed by atoms with E-state index < -0.39 is 0 Å². The molecule has 0 aromatic heterocycles. The molecule has 2 aromatic carbocycles. The molecule has 1 fully saturated rings. The lowest BCUT2D eigenvalue weighted by molar-refractivity contribution is -0.114. The predicted octanol–water partition coefficient (Wildman–Crippen LogP) is 2.97. The van der Waals surface area contributed by atoms with Crippen molar-refractivity contribution in [2.75, 3.05) is 43.5 Å². The summed E-state index contributed by atoms with van der Waals surface area (Å²) in [5.74, 6) is -0.164. The van der Waals surface area contributed by atoms with Gasteiger partial charge < -0.3 is 20.3 Å². The maximum Gasteiger partial charge on any atom is 0.254 e. The Morgan fingerprint density at radius 2 is 1.58 bits per heavy atom. The van der Waals surface area contributed by atoms with Crippen LogP contribution in [0.2, 0.25) is 0 Å². The third kappa shape index (κ3) is 5.06. The maximum atomic E-state index is 12.4. The minimum absolute atomic E-state index is 0.0110. The van der Waals surface area contributed by atoms with Crippen LogP contribution in [0.5, 0.6) is 0 Å². The fraction of sp³-hybridized carbons (Fsp3) is 0.263. The summed E-state index contributed by atoms with van der Waals surface area (Å²) in [7, 11) is 0. The highest BCUT2D eigenvalue weighted by Crippen LogP contribution is 2.15. The summed E-state index contributed by atoms with van der Waals surface area (Å²) in [5.41, 5.74) is 2.14. The molecule has 0 atom stereocenters. The summed E-state index contributed by atoms with van der Waals surface area (Å²) in [4.78, 5) is 26.2. The number of anilines is 2. The Labute approximate surface area is 160 Å². The molecule has 0 spiro atoms. The highest BCUT2D eigenvalue weighted by molar-refractivity contribution is 9.10. The molecular weight excluding hydrogens is 398 g/mol. The van der Waals surface area contributed by atoms with E-state index in [1.807, 2.05) is 24.3 Å². The molecular formula is C19H20BrN3O3. The van der Waals surface area contributed by atoms with Crippen LogP contribution in [0.15, 0.2) is 53.0 Å². The number of hydrogen-bond acceptors (Lipinski definition) is 4. The Kier molecular flexibility index (Phi) is 6.25. The average molecular weight is 418 g/mol. The number of nitrogens with zero attached hydrogens (tertiary/aromatic N) is 1. The van der Waals surface area contributed by atoms with E-state index in [0.717, 1.165) is 10.2 Å². The highest BCUT2D eigenvalue weighted by atomic mass is 79.9. The number of hydrogen-bond donors (Lipinski definition) is 2. The van der Waals surface area contributed by atoms with Gasteiger partial charge in [0.15, 0.2) is 0 Å². The molecule has 26 heavy (non-hydrogen) atoms. The van der Waals surface area contributed by atoms with Crippen LogP contribution in [-0.2, 0) is 9.53 Å². The second kappa shape index (κ2) is 8.82. The van der Waals surface area contributed by atoms with E-state index in [-0.39, 0.29) is 18.4 Å². The standard InChI is InChI=1S/C19H20BrN3O3/c20-15-3-7-16(8-4-15)21-13-18(24)22-17-5-1-14(2-6-17)19(25)23-9-11-26-12-10-23/h1-8,21H,9-13H2,(H,22,24). The fourth-order valence-corrected chi connectivity index (χ4v) is 2.86. The van der Waals surface area contributed by atoms with Crippen LogP contribution in [0, 0.1) is 0 Å². The molecule has 1 aliphatic rings. The third-order valence-electron chi connectivity index (χ3n) is 4.01. The summed E-state index contributed by atoms with van der Waals surface area (Å²) in [6.07, 6.45) is 0. The summed E-state index contributed by atoms with van der Waals surface area (Å²) >= 11 is 3.37. The quantitative estimate of drug-likeness (QED) is 0.784. The third-order valence-corrected chi connectivity index (χ3v) is 4.54. The SMILES string of the molecule is O=C(CNc1ccc(Br)cc1)Nc1ccc(C(=O)N2CCOCC2)cc1. The lowest BCUT2D eigenvalue weighted by Gasteiger charge is -2.26. The number of rotatable bonds is 5. The second-order valence-electron chi connectivity index (χ2n) is 5.89. The zero-order chi connectivity index (χ0) is 18.4. The minimum atomic E-state index is -0.153. The molecule has 2 N–H and O–H groups in total. The highest BCUT2D eigenvalue weighted by Gasteiger charge is 2.18. The van der Waals surface area contributed by atoms with Gasteiger partial charge in [0.2, 0.25) is 5.91 Å². The summed E-state index contributed by atoms with van der Waals surface area (Å²) < 4.78 is 6.25. The van der Waals surface area contributed by atoms with Gasteiger partial charge in [0.25, 0.3) is 5.91 Å². The van der Waals surface area contributed by atoms with Crippen molar-refractivity contribution in [1.82, 2.24) is 4.90 Å². The Hall–Kier alpha value is -2.38. The largest absolute Gasteiger partial charge is 0.378 e. The van der Waals surface area contributed by atoms with Crippen molar-refractivity contribution in [3.63, 3.8) is 0 Å². The van der Waals surface area contributed by atoms with Crippen molar-refractivity contribution in [3.05, 3.63) is 58.6 Å². The van der Waals surface area contributed by atoms with E-state index >= 15 is 0 Å². The van der Waals surface area contributed by atoms with Gasteiger partial charge in [0.05, 0.1) is 19.8 Å². The second-order valence-corrected chi connectivity index (χ2v) is 6.81. The first-order valence-electron chi connectivity index (χ1n) is 8.38. The lowest BCUT2D eigenvalue weighted by atomic mass is 10.1. The van der Waals surface area contributed by atoms with E-state index in [9.17, 15) is 9.59 Å². The number of ether oxygens (including phenoxy) is 1. The van der Waals surface area contributed by atoms with Crippen LogP contribution in [0.4, 0.5) is 11.4 Å². The van der Waals surface area contributed by atoms with E-state index in [1.54, 1.807) is 29.2 Å². The van der Waals surface area contributed by atoms with Crippen molar-refractivity contribution in [3.8, 4) is 0 Å². The maximum absolute atomic E-state index is 12.4. The van der Waals surface area contributed by atoms with Gasteiger partial charge in [-0.15, -0.1) is 0 Å². The first-order chi connectivity index (χ1) is 12.6. The zero-order valence-corrected chi connectivity index (χ0v) is 15.8. The molecule has 0 radical (unpaired) electrons. The zero-order valence-electron chi connectivity index (χ0n) is 14.2. The van der Waals surface area contributed by atoms with Gasteiger partial charge in [-0.25, -0.2) is 0 Å². The van der Waals surface area contributed by atoms with Gasteiger partial charge in [-0.05, 0) is 48.5 Å². The molecule has 1 aliphatic heterocycles. The predicted molar refractivity (Wildman–Crippen MR) is 104 cm³/mol. The first kappa shape index (κ1) is 18.4. The summed E-state index contributed by atoms with van der Waals surface area (Å²) in [6, 6.07) is 14.5. The molecule has 1 heterocycles. The van der Waals surface area contributed by atoms with Crippen LogP contribution in [-0.4, -0.2) is 49.6 Å². The van der Waals surface area contributed by atoms with Crippen LogP contribution in [0.1, 0.15) is 10.4 Å². The normalized spacial score (nSPS) is 14.0. The molecule has 2 amide bonds. The Bertz CT molecular complexity index is 757. The van der Waals surface area contributed by atoms with Crippen molar-refractivity contribution < 1.29 is 14.3 Å². The molecule has 6 nitrogen and oxygen atoms in total. The van der Waals surface area contributed by atoms with E-state index in [4.69, 9.17) is 4.74 Å². The fourth-order valence-electron chi connectivity index (χ4n) is 2.60. The first-order valence-corrected chi connectivity index (χ1v) is 9.17. The molecule has 1 saturated heterocycles. The monoisotopic (exact) mass is 417 g/mol. The topological polar surface area (TPSA) is 70.7 Å².